The maximum atomic E-state index is 11.7. The molecule has 1 heterocycles. The highest BCUT2D eigenvalue weighted by Crippen LogP contribution is 2.09. The van der Waals surface area contributed by atoms with Crippen LogP contribution in [0.1, 0.15) is 33.1 Å². The van der Waals surface area contributed by atoms with Gasteiger partial charge in [0.05, 0.1) is 5.60 Å². The Hall–Kier alpha value is -1.43. The molecule has 96 valence electrons. The van der Waals surface area contributed by atoms with Gasteiger partial charge in [-0.05, 0) is 13.3 Å². The van der Waals surface area contributed by atoms with Crippen molar-refractivity contribution in [2.45, 2.75) is 38.7 Å². The van der Waals surface area contributed by atoms with Crippen molar-refractivity contribution in [1.82, 2.24) is 10.3 Å². The number of hydrazone groups is 1. The quantitative estimate of drug-likeness (QED) is 0.719. The molecule has 2 amide bonds. The Labute approximate surface area is 101 Å². The smallest absolute Gasteiger partial charge is 0.267 e. The number of hydrogen-bond donors (Lipinski definition) is 2. The topological polar surface area (TPSA) is 82.0 Å². The first-order chi connectivity index (χ1) is 7.85. The zero-order valence-electron chi connectivity index (χ0n) is 10.5. The van der Waals surface area contributed by atoms with Crippen LogP contribution >= 0.6 is 0 Å². The third-order valence-electron chi connectivity index (χ3n) is 2.86. The SMILES string of the molecule is CCC(C)(O)CNC(=O)C1=NN(C)C(=O)CC1. The van der Waals surface area contributed by atoms with Crippen LogP contribution in [0.2, 0.25) is 0 Å². The maximum Gasteiger partial charge on any atom is 0.267 e. The van der Waals surface area contributed by atoms with Gasteiger partial charge >= 0.3 is 0 Å². The molecule has 6 heteroatoms. The van der Waals surface area contributed by atoms with Crippen LogP contribution in [-0.2, 0) is 9.59 Å². The Morgan fingerprint density at radius 1 is 1.59 bits per heavy atom. The van der Waals surface area contributed by atoms with Crippen LogP contribution in [0.5, 0.6) is 0 Å². The van der Waals surface area contributed by atoms with Crippen molar-refractivity contribution >= 4 is 17.5 Å². The van der Waals surface area contributed by atoms with Gasteiger partial charge in [0, 0.05) is 26.4 Å². The molecule has 0 aromatic heterocycles. The van der Waals surface area contributed by atoms with Gasteiger partial charge in [0.25, 0.3) is 5.91 Å². The lowest BCUT2D eigenvalue weighted by Crippen LogP contribution is -2.44. The van der Waals surface area contributed by atoms with E-state index in [2.05, 4.69) is 10.4 Å². The summed E-state index contributed by atoms with van der Waals surface area (Å²) in [5, 5.41) is 17.4. The summed E-state index contributed by atoms with van der Waals surface area (Å²) in [7, 11) is 1.52. The average Bonchev–Trinajstić information content (AvgIpc) is 2.30. The van der Waals surface area contributed by atoms with E-state index in [0.29, 0.717) is 25.0 Å². The molecule has 1 rings (SSSR count). The summed E-state index contributed by atoms with van der Waals surface area (Å²) >= 11 is 0. The van der Waals surface area contributed by atoms with Crippen LogP contribution in [0.3, 0.4) is 0 Å². The van der Waals surface area contributed by atoms with E-state index in [0.717, 1.165) is 0 Å². The molecule has 0 spiro atoms. The van der Waals surface area contributed by atoms with Crippen molar-refractivity contribution in [3.8, 4) is 0 Å². The molecule has 17 heavy (non-hydrogen) atoms. The zero-order chi connectivity index (χ0) is 13.1. The summed E-state index contributed by atoms with van der Waals surface area (Å²) in [6, 6.07) is 0. The van der Waals surface area contributed by atoms with Crippen LogP contribution in [0, 0.1) is 0 Å². The normalized spacial score (nSPS) is 19.6. The lowest BCUT2D eigenvalue weighted by Gasteiger charge is -2.23. The fraction of sp³-hybridized carbons (Fsp3) is 0.727. The predicted octanol–water partition coefficient (Wildman–Crippen LogP) is -0.128. The second kappa shape index (κ2) is 5.27. The number of rotatable bonds is 4. The lowest BCUT2D eigenvalue weighted by atomic mass is 10.0. The highest BCUT2D eigenvalue weighted by molar-refractivity contribution is 6.39. The molecule has 0 saturated heterocycles. The van der Waals surface area contributed by atoms with Crippen LogP contribution < -0.4 is 5.32 Å². The number of hydrogen-bond acceptors (Lipinski definition) is 4. The van der Waals surface area contributed by atoms with E-state index in [1.54, 1.807) is 6.92 Å². The first-order valence-corrected chi connectivity index (χ1v) is 5.70. The Morgan fingerprint density at radius 2 is 2.24 bits per heavy atom. The van der Waals surface area contributed by atoms with Gasteiger partial charge in [-0.2, -0.15) is 5.10 Å². The summed E-state index contributed by atoms with van der Waals surface area (Å²) in [6.45, 7) is 3.68. The predicted molar refractivity (Wildman–Crippen MR) is 63.4 cm³/mol. The number of nitrogens with zero attached hydrogens (tertiary/aromatic N) is 2. The molecule has 0 aromatic rings. The summed E-state index contributed by atoms with van der Waals surface area (Å²) in [5.74, 6) is -0.417. The fourth-order valence-electron chi connectivity index (χ4n) is 1.33. The number of amides is 2. The first-order valence-electron chi connectivity index (χ1n) is 5.70. The van der Waals surface area contributed by atoms with E-state index in [1.165, 1.54) is 12.1 Å². The van der Waals surface area contributed by atoms with Crippen LogP contribution in [-0.4, -0.2) is 46.8 Å². The number of aliphatic hydroxyl groups is 1. The van der Waals surface area contributed by atoms with Gasteiger partial charge in [-0.3, -0.25) is 9.59 Å². The maximum absolute atomic E-state index is 11.7. The van der Waals surface area contributed by atoms with Gasteiger partial charge in [-0.1, -0.05) is 6.92 Å². The number of nitrogens with one attached hydrogen (secondary N) is 1. The van der Waals surface area contributed by atoms with Crippen LogP contribution in [0.15, 0.2) is 5.10 Å². The van der Waals surface area contributed by atoms with Gasteiger partial charge in [-0.15, -0.1) is 0 Å². The van der Waals surface area contributed by atoms with Gasteiger partial charge in [0.15, 0.2) is 0 Å². The second-order valence-corrected chi connectivity index (χ2v) is 4.50. The second-order valence-electron chi connectivity index (χ2n) is 4.50. The Bertz CT molecular complexity index is 350. The fourth-order valence-corrected chi connectivity index (χ4v) is 1.33. The van der Waals surface area contributed by atoms with Crippen molar-refractivity contribution in [1.29, 1.82) is 0 Å². The van der Waals surface area contributed by atoms with Crippen LogP contribution in [0.4, 0.5) is 0 Å². The number of carbonyl (C=O) groups excluding carboxylic acids is 2. The zero-order valence-corrected chi connectivity index (χ0v) is 10.5. The molecule has 2 N–H and O–H groups in total. The molecule has 1 aliphatic heterocycles. The molecular formula is C11H19N3O3. The summed E-state index contributed by atoms with van der Waals surface area (Å²) < 4.78 is 0. The average molecular weight is 241 g/mol. The molecular weight excluding hydrogens is 222 g/mol. The van der Waals surface area contributed by atoms with E-state index in [-0.39, 0.29) is 18.4 Å². The van der Waals surface area contributed by atoms with Crippen molar-refractivity contribution < 1.29 is 14.7 Å². The minimum atomic E-state index is -0.910. The monoisotopic (exact) mass is 241 g/mol. The molecule has 1 atom stereocenters. The van der Waals surface area contributed by atoms with Gasteiger partial charge < -0.3 is 10.4 Å². The standard InChI is InChI=1S/C11H19N3O3/c1-4-11(2,17)7-12-10(16)8-5-6-9(15)14(3)13-8/h17H,4-7H2,1-3H3,(H,12,16). The van der Waals surface area contributed by atoms with Gasteiger partial charge in [0.2, 0.25) is 5.91 Å². The van der Waals surface area contributed by atoms with Crippen molar-refractivity contribution in [3.63, 3.8) is 0 Å². The molecule has 0 aromatic carbocycles. The van der Waals surface area contributed by atoms with E-state index in [9.17, 15) is 14.7 Å². The molecule has 1 unspecified atom stereocenters. The lowest BCUT2D eigenvalue weighted by molar-refractivity contribution is -0.130. The Balaban J connectivity index is 2.54. The first kappa shape index (κ1) is 13.6. The molecule has 0 bridgehead atoms. The molecule has 0 fully saturated rings. The largest absolute Gasteiger partial charge is 0.388 e. The highest BCUT2D eigenvalue weighted by atomic mass is 16.3. The van der Waals surface area contributed by atoms with E-state index in [4.69, 9.17) is 0 Å². The van der Waals surface area contributed by atoms with Crippen molar-refractivity contribution in [2.24, 2.45) is 5.10 Å². The molecule has 0 saturated carbocycles. The van der Waals surface area contributed by atoms with Crippen molar-refractivity contribution in [3.05, 3.63) is 0 Å². The summed E-state index contributed by atoms with van der Waals surface area (Å²) in [6.07, 6.45) is 1.20. The summed E-state index contributed by atoms with van der Waals surface area (Å²) in [5.41, 5.74) is -0.578. The third-order valence-corrected chi connectivity index (χ3v) is 2.86. The minimum Gasteiger partial charge on any atom is -0.388 e. The van der Waals surface area contributed by atoms with Gasteiger partial charge in [-0.25, -0.2) is 5.01 Å². The molecule has 1 aliphatic rings. The van der Waals surface area contributed by atoms with E-state index >= 15 is 0 Å². The van der Waals surface area contributed by atoms with Crippen LogP contribution in [0.25, 0.3) is 0 Å². The van der Waals surface area contributed by atoms with Gasteiger partial charge in [0.1, 0.15) is 5.71 Å². The van der Waals surface area contributed by atoms with Crippen molar-refractivity contribution in [2.75, 3.05) is 13.6 Å². The molecule has 0 aliphatic carbocycles. The van der Waals surface area contributed by atoms with E-state index in [1.807, 2.05) is 6.92 Å². The Morgan fingerprint density at radius 3 is 2.76 bits per heavy atom. The third kappa shape index (κ3) is 3.81. The summed E-state index contributed by atoms with van der Waals surface area (Å²) in [4.78, 5) is 22.9. The van der Waals surface area contributed by atoms with E-state index < -0.39 is 5.60 Å². The highest BCUT2D eigenvalue weighted by Gasteiger charge is 2.24. The molecule has 0 radical (unpaired) electrons. The molecule has 6 nitrogen and oxygen atoms in total. The minimum absolute atomic E-state index is 0.0953. The number of carbonyl (C=O) groups is 2. The Kier molecular flexibility index (Phi) is 4.22.